The molecule has 1 aromatic carbocycles. The van der Waals surface area contributed by atoms with Crippen LogP contribution in [0.4, 0.5) is 4.39 Å². The van der Waals surface area contributed by atoms with Crippen molar-refractivity contribution in [1.29, 1.82) is 0 Å². The highest BCUT2D eigenvalue weighted by Gasteiger charge is 2.31. The van der Waals surface area contributed by atoms with Crippen molar-refractivity contribution in [2.24, 2.45) is 0 Å². The number of rotatable bonds is 6. The third kappa shape index (κ3) is 4.18. The summed E-state index contributed by atoms with van der Waals surface area (Å²) in [6.45, 7) is 2.97. The Kier molecular flexibility index (Phi) is 4.77. The predicted molar refractivity (Wildman–Crippen MR) is 71.5 cm³/mol. The summed E-state index contributed by atoms with van der Waals surface area (Å²) in [6, 6.07) is 4.76. The maximum Gasteiger partial charge on any atom is 0.320 e. The molecule has 0 aliphatic heterocycles. The zero-order chi connectivity index (χ0) is 13.8. The van der Waals surface area contributed by atoms with E-state index in [0.717, 1.165) is 18.4 Å². The van der Waals surface area contributed by atoms with E-state index >= 15 is 0 Å². The van der Waals surface area contributed by atoms with Crippen molar-refractivity contribution >= 4 is 17.6 Å². The average molecular weight is 286 g/mol. The van der Waals surface area contributed by atoms with E-state index in [-0.39, 0.29) is 18.3 Å². The molecule has 0 heterocycles. The molecule has 0 atom stereocenters. The van der Waals surface area contributed by atoms with E-state index in [1.807, 2.05) is 4.90 Å². The third-order valence-corrected chi connectivity index (χ3v) is 3.44. The number of hydrogen-bond acceptors (Lipinski definition) is 3. The molecule has 0 saturated heterocycles. The molecule has 0 N–H and O–H groups in total. The van der Waals surface area contributed by atoms with Gasteiger partial charge in [0.05, 0.1) is 13.2 Å². The van der Waals surface area contributed by atoms with Crippen LogP contribution in [0.5, 0.6) is 0 Å². The van der Waals surface area contributed by atoms with Gasteiger partial charge < -0.3 is 4.74 Å². The monoisotopic (exact) mass is 285 g/mol. The molecule has 5 heteroatoms. The standard InChI is InChI=1S/C14H17ClFNO2/c1-2-19-14(18)9-17(12-5-6-12)8-10-3-4-11(16)7-13(10)15/h3-4,7,12H,2,5-6,8-9H2,1H3. The summed E-state index contributed by atoms with van der Waals surface area (Å²) in [5, 5.41) is 0.398. The maximum atomic E-state index is 13.0. The largest absolute Gasteiger partial charge is 0.465 e. The van der Waals surface area contributed by atoms with Gasteiger partial charge in [0, 0.05) is 17.6 Å². The van der Waals surface area contributed by atoms with E-state index in [1.165, 1.54) is 12.1 Å². The molecule has 0 bridgehead atoms. The molecule has 0 unspecified atom stereocenters. The highest BCUT2D eigenvalue weighted by Crippen LogP contribution is 2.29. The van der Waals surface area contributed by atoms with Crippen molar-refractivity contribution in [3.8, 4) is 0 Å². The minimum atomic E-state index is -0.350. The molecule has 1 aliphatic carbocycles. The van der Waals surface area contributed by atoms with Gasteiger partial charge in [-0.1, -0.05) is 17.7 Å². The van der Waals surface area contributed by atoms with Crippen molar-refractivity contribution in [1.82, 2.24) is 4.90 Å². The second-order valence-corrected chi connectivity index (χ2v) is 5.08. The molecule has 3 nitrogen and oxygen atoms in total. The van der Waals surface area contributed by atoms with Crippen LogP contribution in [-0.4, -0.2) is 30.1 Å². The number of ether oxygens (including phenoxy) is 1. The second-order valence-electron chi connectivity index (χ2n) is 4.68. The van der Waals surface area contributed by atoms with Gasteiger partial charge in [-0.05, 0) is 37.5 Å². The minimum absolute atomic E-state index is 0.229. The van der Waals surface area contributed by atoms with Gasteiger partial charge in [-0.3, -0.25) is 9.69 Å². The van der Waals surface area contributed by atoms with Gasteiger partial charge in [0.2, 0.25) is 0 Å². The topological polar surface area (TPSA) is 29.5 Å². The zero-order valence-corrected chi connectivity index (χ0v) is 11.6. The summed E-state index contributed by atoms with van der Waals surface area (Å²) < 4.78 is 18.0. The van der Waals surface area contributed by atoms with Gasteiger partial charge in [0.15, 0.2) is 0 Å². The average Bonchev–Trinajstić information content (AvgIpc) is 3.16. The Morgan fingerprint density at radius 3 is 2.84 bits per heavy atom. The summed E-state index contributed by atoms with van der Waals surface area (Å²) in [5.74, 6) is -0.579. The quantitative estimate of drug-likeness (QED) is 0.753. The Morgan fingerprint density at radius 2 is 2.26 bits per heavy atom. The van der Waals surface area contributed by atoms with Crippen LogP contribution in [0.1, 0.15) is 25.3 Å². The summed E-state index contributed by atoms with van der Waals surface area (Å²) in [5.41, 5.74) is 0.833. The molecule has 19 heavy (non-hydrogen) atoms. The number of benzene rings is 1. The molecule has 1 saturated carbocycles. The molecular weight excluding hydrogens is 269 g/mol. The summed E-state index contributed by atoms with van der Waals surface area (Å²) in [7, 11) is 0. The van der Waals surface area contributed by atoms with Gasteiger partial charge in [0.1, 0.15) is 5.82 Å². The number of hydrogen-bond donors (Lipinski definition) is 0. The molecule has 104 valence electrons. The van der Waals surface area contributed by atoms with Gasteiger partial charge >= 0.3 is 5.97 Å². The first-order valence-corrected chi connectivity index (χ1v) is 6.81. The Balaban J connectivity index is 2.02. The lowest BCUT2D eigenvalue weighted by Crippen LogP contribution is -2.32. The first-order chi connectivity index (χ1) is 9.10. The molecule has 0 spiro atoms. The molecule has 0 aromatic heterocycles. The van der Waals surface area contributed by atoms with E-state index < -0.39 is 0 Å². The number of esters is 1. The van der Waals surface area contributed by atoms with Gasteiger partial charge in [-0.2, -0.15) is 0 Å². The molecule has 2 rings (SSSR count). The number of carbonyl (C=O) groups excluding carboxylic acids is 1. The van der Waals surface area contributed by atoms with Crippen molar-refractivity contribution in [3.63, 3.8) is 0 Å². The van der Waals surface area contributed by atoms with E-state index in [1.54, 1.807) is 13.0 Å². The molecule has 1 fully saturated rings. The predicted octanol–water partition coefficient (Wildman–Crippen LogP) is 3.01. The third-order valence-electron chi connectivity index (χ3n) is 3.09. The van der Waals surface area contributed by atoms with E-state index in [0.29, 0.717) is 24.2 Å². The van der Waals surface area contributed by atoms with E-state index in [4.69, 9.17) is 16.3 Å². The first kappa shape index (κ1) is 14.3. The highest BCUT2D eigenvalue weighted by atomic mass is 35.5. The zero-order valence-electron chi connectivity index (χ0n) is 10.9. The maximum absolute atomic E-state index is 13.0. The molecule has 1 aliphatic rings. The smallest absolute Gasteiger partial charge is 0.320 e. The van der Waals surface area contributed by atoms with E-state index in [2.05, 4.69) is 0 Å². The number of halogens is 2. The van der Waals surface area contributed by atoms with Gasteiger partial charge in [-0.15, -0.1) is 0 Å². The van der Waals surface area contributed by atoms with Crippen LogP contribution in [0, 0.1) is 5.82 Å². The first-order valence-electron chi connectivity index (χ1n) is 6.43. The van der Waals surface area contributed by atoms with Crippen molar-refractivity contribution < 1.29 is 13.9 Å². The second kappa shape index (κ2) is 6.35. The van der Waals surface area contributed by atoms with Crippen LogP contribution in [-0.2, 0) is 16.1 Å². The van der Waals surface area contributed by atoms with Crippen molar-refractivity contribution in [3.05, 3.63) is 34.6 Å². The van der Waals surface area contributed by atoms with Gasteiger partial charge in [0.25, 0.3) is 0 Å². The summed E-state index contributed by atoms with van der Waals surface area (Å²) in [4.78, 5) is 13.6. The lowest BCUT2D eigenvalue weighted by molar-refractivity contribution is -0.144. The fourth-order valence-electron chi connectivity index (χ4n) is 1.99. The van der Waals surface area contributed by atoms with Crippen LogP contribution in [0.15, 0.2) is 18.2 Å². The molecular formula is C14H17ClFNO2. The van der Waals surface area contributed by atoms with Gasteiger partial charge in [-0.25, -0.2) is 4.39 Å². The Bertz CT molecular complexity index is 463. The minimum Gasteiger partial charge on any atom is -0.465 e. The Hall–Kier alpha value is -1.13. The highest BCUT2D eigenvalue weighted by molar-refractivity contribution is 6.31. The van der Waals surface area contributed by atoms with Crippen LogP contribution in [0.3, 0.4) is 0 Å². The lowest BCUT2D eigenvalue weighted by Gasteiger charge is -2.21. The fourth-order valence-corrected chi connectivity index (χ4v) is 2.22. The number of carbonyl (C=O) groups is 1. The molecule has 0 amide bonds. The molecule has 1 aromatic rings. The van der Waals surface area contributed by atoms with Crippen LogP contribution in [0.2, 0.25) is 5.02 Å². The Labute approximate surface area is 117 Å². The Morgan fingerprint density at radius 1 is 1.53 bits per heavy atom. The lowest BCUT2D eigenvalue weighted by atomic mass is 10.2. The molecule has 0 radical (unpaired) electrons. The SMILES string of the molecule is CCOC(=O)CN(Cc1ccc(F)cc1Cl)C1CC1. The van der Waals surface area contributed by atoms with Crippen molar-refractivity contribution in [2.45, 2.75) is 32.4 Å². The number of nitrogens with zero attached hydrogens (tertiary/aromatic N) is 1. The van der Waals surface area contributed by atoms with Crippen LogP contribution < -0.4 is 0 Å². The summed E-state index contributed by atoms with van der Waals surface area (Å²) >= 11 is 6.01. The van der Waals surface area contributed by atoms with Crippen molar-refractivity contribution in [2.75, 3.05) is 13.2 Å². The van der Waals surface area contributed by atoms with Crippen LogP contribution >= 0.6 is 11.6 Å². The summed E-state index contributed by atoms with van der Waals surface area (Å²) in [6.07, 6.45) is 2.16. The van der Waals surface area contributed by atoms with E-state index in [9.17, 15) is 9.18 Å². The normalized spacial score (nSPS) is 14.7. The van der Waals surface area contributed by atoms with Crippen LogP contribution in [0.25, 0.3) is 0 Å². The fraction of sp³-hybridized carbons (Fsp3) is 0.500.